The molecular formula is C17H28N6O8. The highest BCUT2D eigenvalue weighted by atomic mass is 16.4. The van der Waals surface area contributed by atoms with Gasteiger partial charge in [-0.1, -0.05) is 0 Å². The lowest BCUT2D eigenvalue weighted by Crippen LogP contribution is -2.54. The SMILES string of the molecule is C[C@H](NC(=O)[C@H](CCC(N)=O)NC(=O)CNC(=O)[C@@H]1C[C@@H](O)CN1)C(=O)NCC(=O)O. The molecule has 0 aromatic rings. The maximum atomic E-state index is 12.4. The zero-order valence-electron chi connectivity index (χ0n) is 17.0. The van der Waals surface area contributed by atoms with Gasteiger partial charge >= 0.3 is 5.97 Å². The average Bonchev–Trinajstić information content (AvgIpc) is 3.13. The number of amides is 5. The van der Waals surface area contributed by atoms with Gasteiger partial charge in [-0.2, -0.15) is 0 Å². The fourth-order valence-electron chi connectivity index (χ4n) is 2.70. The Labute approximate surface area is 177 Å². The van der Waals surface area contributed by atoms with Crippen LogP contribution in [-0.4, -0.2) is 89.6 Å². The molecule has 14 heteroatoms. The summed E-state index contributed by atoms with van der Waals surface area (Å²) in [6.45, 7) is 0.485. The number of hydrogen-bond acceptors (Lipinski definition) is 8. The molecular weight excluding hydrogens is 416 g/mol. The van der Waals surface area contributed by atoms with E-state index in [0.29, 0.717) is 0 Å². The molecule has 4 atom stereocenters. The van der Waals surface area contributed by atoms with Gasteiger partial charge in [0.2, 0.25) is 29.5 Å². The second-order valence-corrected chi connectivity index (χ2v) is 7.04. The lowest BCUT2D eigenvalue weighted by atomic mass is 10.1. The molecule has 0 aliphatic carbocycles. The van der Waals surface area contributed by atoms with Gasteiger partial charge in [0.05, 0.1) is 18.7 Å². The number of carboxylic acids is 1. The smallest absolute Gasteiger partial charge is 0.322 e. The second-order valence-electron chi connectivity index (χ2n) is 7.04. The molecule has 0 unspecified atom stereocenters. The molecule has 1 fully saturated rings. The zero-order chi connectivity index (χ0) is 23.6. The minimum absolute atomic E-state index is 0.152. The predicted octanol–water partition coefficient (Wildman–Crippen LogP) is -4.72. The monoisotopic (exact) mass is 444 g/mol. The third-order valence-electron chi connectivity index (χ3n) is 4.34. The molecule has 1 rings (SSSR count). The summed E-state index contributed by atoms with van der Waals surface area (Å²) in [7, 11) is 0. The fraction of sp³-hybridized carbons (Fsp3) is 0.647. The average molecular weight is 444 g/mol. The van der Waals surface area contributed by atoms with Gasteiger partial charge < -0.3 is 42.5 Å². The minimum atomic E-state index is -1.26. The summed E-state index contributed by atoms with van der Waals surface area (Å²) >= 11 is 0. The zero-order valence-corrected chi connectivity index (χ0v) is 17.0. The van der Waals surface area contributed by atoms with Gasteiger partial charge in [-0.05, 0) is 19.8 Å². The third-order valence-corrected chi connectivity index (χ3v) is 4.34. The van der Waals surface area contributed by atoms with Crippen LogP contribution in [-0.2, 0) is 28.8 Å². The number of primary amides is 1. The highest BCUT2D eigenvalue weighted by molar-refractivity contribution is 5.94. The molecule has 31 heavy (non-hydrogen) atoms. The van der Waals surface area contributed by atoms with Crippen molar-refractivity contribution >= 4 is 35.5 Å². The maximum Gasteiger partial charge on any atom is 0.322 e. The second kappa shape index (κ2) is 12.4. The summed E-state index contributed by atoms with van der Waals surface area (Å²) in [4.78, 5) is 69.9. The molecule has 14 nitrogen and oxygen atoms in total. The Balaban J connectivity index is 2.59. The van der Waals surface area contributed by atoms with E-state index < -0.39 is 72.8 Å². The number of aliphatic hydroxyl groups excluding tert-OH is 1. The highest BCUT2D eigenvalue weighted by Gasteiger charge is 2.29. The van der Waals surface area contributed by atoms with Crippen LogP contribution in [0.2, 0.25) is 0 Å². The summed E-state index contributed by atoms with van der Waals surface area (Å²) in [6.07, 6.45) is -0.825. The maximum absolute atomic E-state index is 12.4. The van der Waals surface area contributed by atoms with E-state index >= 15 is 0 Å². The Kier molecular flexibility index (Phi) is 10.3. The Hall–Kier alpha value is -3.26. The molecule has 1 heterocycles. The van der Waals surface area contributed by atoms with Gasteiger partial charge in [-0.3, -0.25) is 28.8 Å². The Morgan fingerprint density at radius 2 is 1.74 bits per heavy atom. The van der Waals surface area contributed by atoms with Crippen LogP contribution in [0.3, 0.4) is 0 Å². The van der Waals surface area contributed by atoms with Crippen LogP contribution in [0.4, 0.5) is 0 Å². The van der Waals surface area contributed by atoms with E-state index in [1.54, 1.807) is 0 Å². The van der Waals surface area contributed by atoms with Crippen LogP contribution >= 0.6 is 0 Å². The largest absolute Gasteiger partial charge is 0.480 e. The number of aliphatic carboxylic acids is 1. The molecule has 0 saturated carbocycles. The molecule has 0 radical (unpaired) electrons. The number of carbonyl (C=O) groups excluding carboxylic acids is 5. The Morgan fingerprint density at radius 1 is 1.06 bits per heavy atom. The van der Waals surface area contributed by atoms with E-state index in [4.69, 9.17) is 10.8 Å². The van der Waals surface area contributed by atoms with Gasteiger partial charge in [0, 0.05) is 13.0 Å². The van der Waals surface area contributed by atoms with E-state index in [2.05, 4.69) is 26.6 Å². The first-order chi connectivity index (χ1) is 14.5. The molecule has 1 aliphatic rings. The van der Waals surface area contributed by atoms with Crippen LogP contribution in [0.25, 0.3) is 0 Å². The lowest BCUT2D eigenvalue weighted by Gasteiger charge is -2.21. The van der Waals surface area contributed by atoms with Crippen LogP contribution in [0.1, 0.15) is 26.2 Å². The molecule has 9 N–H and O–H groups in total. The van der Waals surface area contributed by atoms with Crippen LogP contribution in [0, 0.1) is 0 Å². The van der Waals surface area contributed by atoms with E-state index in [9.17, 15) is 33.9 Å². The van der Waals surface area contributed by atoms with Crippen LogP contribution in [0.15, 0.2) is 0 Å². The first-order valence-electron chi connectivity index (χ1n) is 9.56. The first-order valence-corrected chi connectivity index (χ1v) is 9.56. The standard InChI is InChI=1S/C17H28N6O8/c1-8(15(29)21-7-14(27)28)22-17(31)10(2-3-12(18)25)23-13(26)6-20-16(30)11-4-9(24)5-19-11/h8-11,19,24H,2-7H2,1H3,(H2,18,25)(H,20,30)(H,21,29)(H,22,31)(H,23,26)(H,27,28)/t8-,9+,10-,11-/m0/s1. The van der Waals surface area contributed by atoms with Gasteiger partial charge in [0.25, 0.3) is 0 Å². The number of aliphatic hydroxyl groups is 1. The quantitative estimate of drug-likeness (QED) is 0.144. The molecule has 0 bridgehead atoms. The molecule has 0 spiro atoms. The summed E-state index contributed by atoms with van der Waals surface area (Å²) in [5.41, 5.74) is 5.08. The highest BCUT2D eigenvalue weighted by Crippen LogP contribution is 2.05. The molecule has 0 aromatic heterocycles. The van der Waals surface area contributed by atoms with Crippen molar-refractivity contribution < 1.29 is 39.0 Å². The summed E-state index contributed by atoms with van der Waals surface area (Å²) < 4.78 is 0. The molecule has 174 valence electrons. The number of β-amino-alcohol motifs (C(OH)–C–C–N with tert-alkyl or cyclic N) is 1. The predicted molar refractivity (Wildman–Crippen MR) is 104 cm³/mol. The van der Waals surface area contributed by atoms with Crippen molar-refractivity contribution in [3.63, 3.8) is 0 Å². The molecule has 0 aromatic carbocycles. The summed E-state index contributed by atoms with van der Waals surface area (Å²) in [5.74, 6) is -4.73. The first kappa shape index (κ1) is 25.8. The number of hydrogen-bond donors (Lipinski definition) is 8. The number of carboxylic acid groups (broad SMARTS) is 1. The van der Waals surface area contributed by atoms with E-state index in [0.717, 1.165) is 0 Å². The van der Waals surface area contributed by atoms with E-state index in [-0.39, 0.29) is 25.8 Å². The van der Waals surface area contributed by atoms with E-state index in [1.807, 2.05) is 0 Å². The van der Waals surface area contributed by atoms with Crippen molar-refractivity contribution in [3.05, 3.63) is 0 Å². The third kappa shape index (κ3) is 9.86. The molecule has 1 aliphatic heterocycles. The van der Waals surface area contributed by atoms with Crippen molar-refractivity contribution in [2.45, 2.75) is 50.4 Å². The topological polar surface area (TPSA) is 229 Å². The minimum Gasteiger partial charge on any atom is -0.480 e. The number of nitrogens with two attached hydrogens (primary N) is 1. The van der Waals surface area contributed by atoms with E-state index in [1.165, 1.54) is 6.92 Å². The normalized spacial score (nSPS) is 19.5. The molecule has 5 amide bonds. The van der Waals surface area contributed by atoms with Gasteiger partial charge in [0.1, 0.15) is 18.6 Å². The Bertz CT molecular complexity index is 715. The number of nitrogens with one attached hydrogen (secondary N) is 5. The fourth-order valence-corrected chi connectivity index (χ4v) is 2.70. The van der Waals surface area contributed by atoms with Crippen molar-refractivity contribution in [3.8, 4) is 0 Å². The van der Waals surface area contributed by atoms with Crippen molar-refractivity contribution in [2.75, 3.05) is 19.6 Å². The van der Waals surface area contributed by atoms with Gasteiger partial charge in [-0.15, -0.1) is 0 Å². The van der Waals surface area contributed by atoms with Crippen LogP contribution < -0.4 is 32.3 Å². The van der Waals surface area contributed by atoms with Gasteiger partial charge in [0.15, 0.2) is 0 Å². The van der Waals surface area contributed by atoms with Crippen molar-refractivity contribution in [2.24, 2.45) is 5.73 Å². The Morgan fingerprint density at radius 3 is 2.29 bits per heavy atom. The number of rotatable bonds is 12. The molecule has 1 saturated heterocycles. The lowest BCUT2D eigenvalue weighted by molar-refractivity contribution is -0.138. The van der Waals surface area contributed by atoms with Crippen molar-refractivity contribution in [1.82, 2.24) is 26.6 Å². The summed E-state index contributed by atoms with van der Waals surface area (Å²) in [5, 5.41) is 29.9. The van der Waals surface area contributed by atoms with Gasteiger partial charge in [-0.25, -0.2) is 0 Å². The number of carbonyl (C=O) groups is 6. The van der Waals surface area contributed by atoms with Crippen molar-refractivity contribution in [1.29, 1.82) is 0 Å². The summed E-state index contributed by atoms with van der Waals surface area (Å²) in [6, 6.07) is -2.97. The van der Waals surface area contributed by atoms with Crippen LogP contribution in [0.5, 0.6) is 0 Å².